The van der Waals surface area contributed by atoms with Crippen molar-refractivity contribution in [3.05, 3.63) is 65.3 Å². The number of aryl methyl sites for hydroxylation is 1. The zero-order valence-corrected chi connectivity index (χ0v) is 12.1. The summed E-state index contributed by atoms with van der Waals surface area (Å²) in [6, 6.07) is 8.56. The molecule has 1 aromatic rings. The first kappa shape index (κ1) is 14.5. The number of allylic oxidation sites excluding steroid dienone is 5. The normalized spacial score (nSPS) is 12.7. The van der Waals surface area contributed by atoms with Crippen molar-refractivity contribution < 1.29 is 0 Å². The molecule has 0 bridgehead atoms. The van der Waals surface area contributed by atoms with Crippen molar-refractivity contribution >= 4 is 5.57 Å². The molecule has 0 heterocycles. The van der Waals surface area contributed by atoms with Crippen LogP contribution < -0.4 is 0 Å². The Morgan fingerprint density at radius 2 is 1.94 bits per heavy atom. The molecule has 0 radical (unpaired) electrons. The molecular weight excluding hydrogens is 216 g/mol. The highest BCUT2D eigenvalue weighted by Crippen LogP contribution is 2.29. The Kier molecular flexibility index (Phi) is 5.64. The minimum Gasteiger partial charge on any atom is -0.0958 e. The highest BCUT2D eigenvalue weighted by Gasteiger charge is 2.08. The van der Waals surface area contributed by atoms with E-state index in [-0.39, 0.29) is 0 Å². The number of hydrogen-bond donors (Lipinski definition) is 0. The SMILES string of the molecule is C=C(C)/C(CCC)=C(\C=CC)c1ccccc1C. The first-order chi connectivity index (χ1) is 8.61. The van der Waals surface area contributed by atoms with Crippen LogP contribution in [0.5, 0.6) is 0 Å². The van der Waals surface area contributed by atoms with Crippen LogP contribution in [0.4, 0.5) is 0 Å². The molecule has 96 valence electrons. The fourth-order valence-corrected chi connectivity index (χ4v) is 2.22. The second kappa shape index (κ2) is 7.00. The van der Waals surface area contributed by atoms with Gasteiger partial charge in [-0.3, -0.25) is 0 Å². The maximum absolute atomic E-state index is 4.14. The van der Waals surface area contributed by atoms with E-state index in [1.807, 2.05) is 0 Å². The van der Waals surface area contributed by atoms with Gasteiger partial charge in [-0.1, -0.05) is 61.9 Å². The minimum absolute atomic E-state index is 1.09. The molecule has 0 aliphatic carbocycles. The van der Waals surface area contributed by atoms with Crippen LogP contribution in [0.1, 0.15) is 44.7 Å². The molecule has 0 heteroatoms. The van der Waals surface area contributed by atoms with Gasteiger partial charge in [0, 0.05) is 0 Å². The minimum atomic E-state index is 1.09. The van der Waals surface area contributed by atoms with Crippen molar-refractivity contribution in [2.75, 3.05) is 0 Å². The molecule has 0 saturated carbocycles. The summed E-state index contributed by atoms with van der Waals surface area (Å²) in [6.45, 7) is 12.7. The van der Waals surface area contributed by atoms with E-state index < -0.39 is 0 Å². The van der Waals surface area contributed by atoms with E-state index in [1.54, 1.807) is 0 Å². The van der Waals surface area contributed by atoms with Gasteiger partial charge < -0.3 is 0 Å². The van der Waals surface area contributed by atoms with Crippen LogP contribution in [0.3, 0.4) is 0 Å². The third-order valence-electron chi connectivity index (χ3n) is 3.11. The second-order valence-electron chi connectivity index (χ2n) is 4.74. The molecule has 0 spiro atoms. The van der Waals surface area contributed by atoms with E-state index >= 15 is 0 Å². The third-order valence-corrected chi connectivity index (χ3v) is 3.11. The van der Waals surface area contributed by atoms with Gasteiger partial charge in [0.2, 0.25) is 0 Å². The van der Waals surface area contributed by atoms with Gasteiger partial charge in [-0.05, 0) is 49.5 Å². The van der Waals surface area contributed by atoms with Crippen molar-refractivity contribution in [3.63, 3.8) is 0 Å². The number of hydrogen-bond acceptors (Lipinski definition) is 0. The van der Waals surface area contributed by atoms with Gasteiger partial charge in [-0.25, -0.2) is 0 Å². The molecule has 1 rings (SSSR count). The maximum Gasteiger partial charge on any atom is -0.0150 e. The van der Waals surface area contributed by atoms with Gasteiger partial charge in [-0.15, -0.1) is 0 Å². The van der Waals surface area contributed by atoms with Crippen molar-refractivity contribution in [1.29, 1.82) is 0 Å². The van der Waals surface area contributed by atoms with Crippen LogP contribution in [0, 0.1) is 6.92 Å². The Balaban J connectivity index is 3.44. The first-order valence-electron chi connectivity index (χ1n) is 6.69. The van der Waals surface area contributed by atoms with E-state index in [2.05, 4.69) is 70.7 Å². The van der Waals surface area contributed by atoms with E-state index in [9.17, 15) is 0 Å². The van der Waals surface area contributed by atoms with Gasteiger partial charge in [0.25, 0.3) is 0 Å². The van der Waals surface area contributed by atoms with Crippen LogP contribution in [-0.4, -0.2) is 0 Å². The summed E-state index contributed by atoms with van der Waals surface area (Å²) in [6.07, 6.45) is 6.56. The van der Waals surface area contributed by atoms with E-state index in [0.29, 0.717) is 0 Å². The molecule has 0 atom stereocenters. The third kappa shape index (κ3) is 3.46. The summed E-state index contributed by atoms with van der Waals surface area (Å²) in [5.41, 5.74) is 6.52. The van der Waals surface area contributed by atoms with E-state index in [0.717, 1.165) is 12.8 Å². The first-order valence-corrected chi connectivity index (χ1v) is 6.69. The molecule has 0 nitrogen and oxygen atoms in total. The lowest BCUT2D eigenvalue weighted by Gasteiger charge is -2.15. The average Bonchev–Trinajstić information content (AvgIpc) is 2.34. The Hall–Kier alpha value is -1.56. The van der Waals surface area contributed by atoms with Gasteiger partial charge in [0.15, 0.2) is 0 Å². The summed E-state index contributed by atoms with van der Waals surface area (Å²) in [7, 11) is 0. The fourth-order valence-electron chi connectivity index (χ4n) is 2.22. The fraction of sp³-hybridized carbons (Fsp3) is 0.333. The summed E-state index contributed by atoms with van der Waals surface area (Å²) in [4.78, 5) is 0. The van der Waals surface area contributed by atoms with Crippen molar-refractivity contribution in [2.45, 2.75) is 40.5 Å². The molecule has 0 unspecified atom stereocenters. The molecular formula is C18H24. The van der Waals surface area contributed by atoms with Gasteiger partial charge in [-0.2, -0.15) is 0 Å². The van der Waals surface area contributed by atoms with Crippen molar-refractivity contribution in [2.24, 2.45) is 0 Å². The topological polar surface area (TPSA) is 0 Å². The Morgan fingerprint density at radius 1 is 1.28 bits per heavy atom. The molecule has 1 aromatic carbocycles. The van der Waals surface area contributed by atoms with Crippen LogP contribution in [-0.2, 0) is 0 Å². The van der Waals surface area contributed by atoms with Gasteiger partial charge in [0.05, 0.1) is 0 Å². The van der Waals surface area contributed by atoms with Crippen LogP contribution in [0.25, 0.3) is 5.57 Å². The van der Waals surface area contributed by atoms with Crippen LogP contribution in [0.2, 0.25) is 0 Å². The van der Waals surface area contributed by atoms with E-state index in [1.165, 1.54) is 27.8 Å². The van der Waals surface area contributed by atoms with Gasteiger partial charge >= 0.3 is 0 Å². The quantitative estimate of drug-likeness (QED) is 0.579. The zero-order valence-electron chi connectivity index (χ0n) is 12.1. The summed E-state index contributed by atoms with van der Waals surface area (Å²) in [5, 5.41) is 0. The predicted octanol–water partition coefficient (Wildman–Crippen LogP) is 5.70. The van der Waals surface area contributed by atoms with Crippen LogP contribution in [0.15, 0.2) is 54.1 Å². The largest absolute Gasteiger partial charge is 0.0958 e. The average molecular weight is 240 g/mol. The summed E-state index contributed by atoms with van der Waals surface area (Å²) >= 11 is 0. The number of benzene rings is 1. The molecule has 0 saturated heterocycles. The second-order valence-corrected chi connectivity index (χ2v) is 4.74. The lowest BCUT2D eigenvalue weighted by Crippen LogP contribution is -1.94. The molecule has 0 fully saturated rings. The summed E-state index contributed by atoms with van der Waals surface area (Å²) < 4.78 is 0. The Morgan fingerprint density at radius 3 is 2.44 bits per heavy atom. The molecule has 0 aromatic heterocycles. The van der Waals surface area contributed by atoms with Crippen molar-refractivity contribution in [3.8, 4) is 0 Å². The highest BCUT2D eigenvalue weighted by atomic mass is 14.1. The smallest absolute Gasteiger partial charge is 0.0150 e. The molecule has 0 N–H and O–H groups in total. The lowest BCUT2D eigenvalue weighted by molar-refractivity contribution is 0.915. The molecule has 18 heavy (non-hydrogen) atoms. The Bertz CT molecular complexity index is 473. The molecule has 0 amide bonds. The standard InChI is InChI=1S/C18H24/c1-6-10-16(14(3)4)18(11-7-2)17-13-9-8-12-15(17)5/h7-9,11-13H,3,6,10H2,1-2,4-5H3/b11-7?,18-16+. The number of rotatable bonds is 5. The molecule has 0 aliphatic rings. The van der Waals surface area contributed by atoms with Crippen LogP contribution >= 0.6 is 0 Å². The Labute approximate surface area is 112 Å². The maximum atomic E-state index is 4.14. The highest BCUT2D eigenvalue weighted by molar-refractivity contribution is 5.80. The lowest BCUT2D eigenvalue weighted by atomic mass is 9.90. The van der Waals surface area contributed by atoms with Gasteiger partial charge in [0.1, 0.15) is 0 Å². The molecule has 0 aliphatic heterocycles. The summed E-state index contributed by atoms with van der Waals surface area (Å²) in [5.74, 6) is 0. The van der Waals surface area contributed by atoms with Crippen molar-refractivity contribution in [1.82, 2.24) is 0 Å². The monoisotopic (exact) mass is 240 g/mol. The van der Waals surface area contributed by atoms with E-state index in [4.69, 9.17) is 0 Å². The predicted molar refractivity (Wildman–Crippen MR) is 82.6 cm³/mol. The zero-order chi connectivity index (χ0) is 13.5.